The van der Waals surface area contributed by atoms with Gasteiger partial charge in [-0.05, 0) is 32.9 Å². The highest BCUT2D eigenvalue weighted by atomic mass is 16.3. The zero-order valence-corrected chi connectivity index (χ0v) is 12.4. The second-order valence-corrected chi connectivity index (χ2v) is 6.62. The third-order valence-corrected chi connectivity index (χ3v) is 4.20. The second kappa shape index (κ2) is 5.77. The van der Waals surface area contributed by atoms with Gasteiger partial charge in [0, 0.05) is 38.6 Å². The van der Waals surface area contributed by atoms with Crippen molar-refractivity contribution in [1.29, 1.82) is 0 Å². The predicted molar refractivity (Wildman–Crippen MR) is 74.8 cm³/mol. The Kier molecular flexibility index (Phi) is 4.48. The molecule has 5 nitrogen and oxygen atoms in total. The first-order chi connectivity index (χ1) is 8.87. The first-order valence-electron chi connectivity index (χ1n) is 7.31. The number of amides is 1. The van der Waals surface area contributed by atoms with Gasteiger partial charge in [0.25, 0.3) is 0 Å². The Labute approximate surface area is 115 Å². The fourth-order valence-corrected chi connectivity index (χ4v) is 2.83. The summed E-state index contributed by atoms with van der Waals surface area (Å²) in [5.41, 5.74) is -0.656. The van der Waals surface area contributed by atoms with Gasteiger partial charge in [0.15, 0.2) is 0 Å². The number of nitrogens with one attached hydrogen (secondary N) is 1. The van der Waals surface area contributed by atoms with Crippen molar-refractivity contribution in [1.82, 2.24) is 15.1 Å². The summed E-state index contributed by atoms with van der Waals surface area (Å²) < 4.78 is 0. The van der Waals surface area contributed by atoms with Gasteiger partial charge in [-0.15, -0.1) is 0 Å². The molecule has 2 aliphatic rings. The summed E-state index contributed by atoms with van der Waals surface area (Å²) in [5, 5.41) is 13.0. The molecule has 5 heteroatoms. The molecular weight excluding hydrogens is 242 g/mol. The molecule has 0 radical (unpaired) electrons. The summed E-state index contributed by atoms with van der Waals surface area (Å²) in [6.45, 7) is 11.7. The lowest BCUT2D eigenvalue weighted by molar-refractivity contribution is -0.139. The maximum Gasteiger partial charge on any atom is 0.225 e. The highest BCUT2D eigenvalue weighted by molar-refractivity contribution is 5.79. The molecule has 0 bridgehead atoms. The smallest absolute Gasteiger partial charge is 0.225 e. The minimum Gasteiger partial charge on any atom is -0.389 e. The van der Waals surface area contributed by atoms with E-state index in [2.05, 4.69) is 17.1 Å². The van der Waals surface area contributed by atoms with Gasteiger partial charge in [-0.1, -0.05) is 6.92 Å². The molecule has 0 aromatic rings. The number of aliphatic hydroxyl groups is 1. The number of carbonyl (C=O) groups is 1. The van der Waals surface area contributed by atoms with Crippen LogP contribution in [0.4, 0.5) is 0 Å². The van der Waals surface area contributed by atoms with Crippen molar-refractivity contribution in [3.63, 3.8) is 0 Å². The fourth-order valence-electron chi connectivity index (χ4n) is 2.83. The van der Waals surface area contributed by atoms with Gasteiger partial charge in [0.05, 0.1) is 5.60 Å². The van der Waals surface area contributed by atoms with Crippen LogP contribution < -0.4 is 5.32 Å². The second-order valence-electron chi connectivity index (χ2n) is 6.62. The van der Waals surface area contributed by atoms with E-state index in [0.29, 0.717) is 18.4 Å². The van der Waals surface area contributed by atoms with Crippen LogP contribution in [0, 0.1) is 11.8 Å². The number of piperazine rings is 1. The Bertz CT molecular complexity index is 315. The van der Waals surface area contributed by atoms with E-state index in [1.54, 1.807) is 0 Å². The average molecular weight is 269 g/mol. The number of carbonyl (C=O) groups excluding carboxylic acids is 1. The minimum absolute atomic E-state index is 0.141. The highest BCUT2D eigenvalue weighted by Crippen LogP contribution is 2.19. The predicted octanol–water partition coefficient (Wildman–Crippen LogP) is -0.243. The zero-order chi connectivity index (χ0) is 14.0. The SMILES string of the molecule is CC(C(=O)N1CCN(CC(C)(C)O)CC1)C1CNC1. The van der Waals surface area contributed by atoms with Gasteiger partial charge >= 0.3 is 0 Å². The van der Waals surface area contributed by atoms with E-state index in [-0.39, 0.29) is 5.92 Å². The number of β-amino-alcohol motifs (C(OH)–C–C–N with tert-alkyl or cyclic N) is 1. The molecular formula is C14H27N3O2. The normalized spacial score (nSPS) is 24.1. The molecule has 2 saturated heterocycles. The third kappa shape index (κ3) is 3.91. The Morgan fingerprint density at radius 3 is 2.32 bits per heavy atom. The van der Waals surface area contributed by atoms with Gasteiger partial charge in [0.1, 0.15) is 0 Å². The third-order valence-electron chi connectivity index (χ3n) is 4.20. The van der Waals surface area contributed by atoms with Gasteiger partial charge < -0.3 is 15.3 Å². The number of hydrogen-bond donors (Lipinski definition) is 2. The Morgan fingerprint density at radius 1 is 1.32 bits per heavy atom. The molecule has 0 aliphatic carbocycles. The molecule has 2 rings (SSSR count). The van der Waals surface area contributed by atoms with Crippen molar-refractivity contribution in [3.8, 4) is 0 Å². The van der Waals surface area contributed by atoms with E-state index in [9.17, 15) is 9.90 Å². The van der Waals surface area contributed by atoms with Crippen molar-refractivity contribution >= 4 is 5.91 Å². The summed E-state index contributed by atoms with van der Waals surface area (Å²) in [7, 11) is 0. The van der Waals surface area contributed by atoms with Crippen LogP contribution in [0.3, 0.4) is 0 Å². The molecule has 1 atom stereocenters. The van der Waals surface area contributed by atoms with E-state index < -0.39 is 5.60 Å². The Balaban J connectivity index is 1.77. The summed E-state index contributed by atoms with van der Waals surface area (Å²) in [6.07, 6.45) is 0. The van der Waals surface area contributed by atoms with E-state index in [4.69, 9.17) is 0 Å². The highest BCUT2D eigenvalue weighted by Gasteiger charge is 2.33. The number of rotatable bonds is 4. The molecule has 1 amide bonds. The van der Waals surface area contributed by atoms with Gasteiger partial charge in [-0.3, -0.25) is 9.69 Å². The van der Waals surface area contributed by atoms with Crippen molar-refractivity contribution < 1.29 is 9.90 Å². The average Bonchev–Trinajstić information content (AvgIpc) is 2.24. The van der Waals surface area contributed by atoms with Gasteiger partial charge in [0.2, 0.25) is 5.91 Å². The minimum atomic E-state index is -0.656. The topological polar surface area (TPSA) is 55.8 Å². The monoisotopic (exact) mass is 269 g/mol. The molecule has 2 N–H and O–H groups in total. The molecule has 2 heterocycles. The largest absolute Gasteiger partial charge is 0.389 e. The van der Waals surface area contributed by atoms with E-state index >= 15 is 0 Å². The maximum atomic E-state index is 12.4. The van der Waals surface area contributed by atoms with Crippen molar-refractivity contribution in [2.24, 2.45) is 11.8 Å². The quantitative estimate of drug-likeness (QED) is 0.739. The zero-order valence-electron chi connectivity index (χ0n) is 12.4. The van der Waals surface area contributed by atoms with Crippen LogP contribution in [-0.4, -0.2) is 72.2 Å². The fraction of sp³-hybridized carbons (Fsp3) is 0.929. The van der Waals surface area contributed by atoms with Crippen LogP contribution in [0.15, 0.2) is 0 Å². The van der Waals surface area contributed by atoms with Crippen LogP contribution in [0.25, 0.3) is 0 Å². The van der Waals surface area contributed by atoms with Crippen molar-refractivity contribution in [2.45, 2.75) is 26.4 Å². The van der Waals surface area contributed by atoms with Gasteiger partial charge in [-0.2, -0.15) is 0 Å². The molecule has 0 aromatic carbocycles. The molecule has 1 unspecified atom stereocenters. The standard InChI is InChI=1S/C14H27N3O2/c1-11(12-8-15-9-12)13(18)17-6-4-16(5-7-17)10-14(2,3)19/h11-12,15,19H,4-10H2,1-3H3. The number of nitrogens with zero attached hydrogens (tertiary/aromatic N) is 2. The molecule has 0 aromatic heterocycles. The molecule has 0 spiro atoms. The van der Waals surface area contributed by atoms with Crippen LogP contribution in [-0.2, 0) is 4.79 Å². The lowest BCUT2D eigenvalue weighted by atomic mass is 9.88. The molecule has 2 fully saturated rings. The molecule has 19 heavy (non-hydrogen) atoms. The lowest BCUT2D eigenvalue weighted by Gasteiger charge is -2.40. The van der Waals surface area contributed by atoms with Crippen LogP contribution in [0.1, 0.15) is 20.8 Å². The van der Waals surface area contributed by atoms with E-state index in [0.717, 1.165) is 39.3 Å². The first kappa shape index (κ1) is 14.8. The molecule has 0 saturated carbocycles. The summed E-state index contributed by atoms with van der Waals surface area (Å²) in [6, 6.07) is 0. The Morgan fingerprint density at radius 2 is 1.89 bits per heavy atom. The summed E-state index contributed by atoms with van der Waals surface area (Å²) in [4.78, 5) is 16.6. The number of hydrogen-bond acceptors (Lipinski definition) is 4. The molecule has 110 valence electrons. The Hall–Kier alpha value is -0.650. The lowest BCUT2D eigenvalue weighted by Crippen LogP contribution is -2.55. The first-order valence-corrected chi connectivity index (χ1v) is 7.31. The van der Waals surface area contributed by atoms with Crippen molar-refractivity contribution in [2.75, 3.05) is 45.8 Å². The summed E-state index contributed by atoms with van der Waals surface area (Å²) in [5.74, 6) is 0.957. The van der Waals surface area contributed by atoms with Crippen LogP contribution in [0.2, 0.25) is 0 Å². The maximum absolute atomic E-state index is 12.4. The van der Waals surface area contributed by atoms with Crippen molar-refractivity contribution in [3.05, 3.63) is 0 Å². The van der Waals surface area contributed by atoms with Crippen LogP contribution >= 0.6 is 0 Å². The van der Waals surface area contributed by atoms with Crippen LogP contribution in [0.5, 0.6) is 0 Å². The summed E-state index contributed by atoms with van der Waals surface area (Å²) >= 11 is 0. The van der Waals surface area contributed by atoms with E-state index in [1.165, 1.54) is 0 Å². The van der Waals surface area contributed by atoms with Gasteiger partial charge in [-0.25, -0.2) is 0 Å². The molecule has 2 aliphatic heterocycles. The van der Waals surface area contributed by atoms with E-state index in [1.807, 2.05) is 18.7 Å².